The van der Waals surface area contributed by atoms with Crippen LogP contribution in [0.4, 0.5) is 5.69 Å². The summed E-state index contributed by atoms with van der Waals surface area (Å²) in [5.74, 6) is 0.809. The second-order valence-corrected chi connectivity index (χ2v) is 7.12. The number of hydrogen-bond donors (Lipinski definition) is 1. The number of hydrogen-bond acceptors (Lipinski definition) is 3. The summed E-state index contributed by atoms with van der Waals surface area (Å²) in [5, 5.41) is 3.38. The van der Waals surface area contributed by atoms with Crippen LogP contribution in [0.1, 0.15) is 16.7 Å². The molecule has 0 fully saturated rings. The van der Waals surface area contributed by atoms with Crippen molar-refractivity contribution in [2.24, 2.45) is 0 Å². The minimum absolute atomic E-state index is 0.316. The predicted octanol–water partition coefficient (Wildman–Crippen LogP) is 5.75. The Bertz CT molecular complexity index is 735. The fourth-order valence-electron chi connectivity index (χ4n) is 2.00. The van der Waals surface area contributed by atoms with Gasteiger partial charge in [0.2, 0.25) is 0 Å². The van der Waals surface area contributed by atoms with Gasteiger partial charge in [-0.15, -0.1) is 0 Å². The third kappa shape index (κ3) is 4.68. The van der Waals surface area contributed by atoms with E-state index in [4.69, 9.17) is 21.7 Å². The number of anilines is 1. The molecular formula is C17H17Br2NO2S. The Labute approximate surface area is 158 Å². The molecule has 0 aliphatic heterocycles. The number of methoxy groups -OCH3 is 1. The fourth-order valence-corrected chi connectivity index (χ4v) is 3.16. The van der Waals surface area contributed by atoms with E-state index < -0.39 is 0 Å². The smallest absolute Gasteiger partial charge is 0.260 e. The molecule has 0 saturated carbocycles. The maximum Gasteiger partial charge on any atom is 0.260 e. The Morgan fingerprint density at radius 2 is 1.83 bits per heavy atom. The van der Waals surface area contributed by atoms with E-state index in [1.54, 1.807) is 0 Å². The zero-order valence-corrected chi connectivity index (χ0v) is 17.1. The normalized spacial score (nSPS) is 10.3. The van der Waals surface area contributed by atoms with Gasteiger partial charge in [-0.3, -0.25) is 0 Å². The highest BCUT2D eigenvalue weighted by Gasteiger charge is 2.11. The van der Waals surface area contributed by atoms with Gasteiger partial charge in [0, 0.05) is 15.7 Å². The Kier molecular flexibility index (Phi) is 6.44. The van der Waals surface area contributed by atoms with E-state index in [0.717, 1.165) is 25.9 Å². The van der Waals surface area contributed by atoms with Gasteiger partial charge in [0.25, 0.3) is 5.17 Å². The monoisotopic (exact) mass is 457 g/mol. The van der Waals surface area contributed by atoms with E-state index in [2.05, 4.69) is 57.1 Å². The molecule has 1 N–H and O–H groups in total. The fraction of sp³-hybridized carbons (Fsp3) is 0.235. The maximum atomic E-state index is 5.99. The molecule has 0 aliphatic rings. The van der Waals surface area contributed by atoms with Gasteiger partial charge < -0.3 is 14.8 Å². The highest BCUT2D eigenvalue weighted by atomic mass is 79.9. The molecule has 0 unspecified atom stereocenters. The molecule has 2 aromatic rings. The SMILES string of the molecule is COC(=S)Nc1cccc(Br)c1COc1cc(C)c(C)cc1Br. The van der Waals surface area contributed by atoms with Crippen LogP contribution in [0.2, 0.25) is 0 Å². The van der Waals surface area contributed by atoms with Gasteiger partial charge in [0.1, 0.15) is 12.4 Å². The molecule has 0 bridgehead atoms. The van der Waals surface area contributed by atoms with Gasteiger partial charge in [0.05, 0.1) is 11.6 Å². The molecule has 0 aliphatic carbocycles. The highest BCUT2D eigenvalue weighted by molar-refractivity contribution is 9.10. The van der Waals surface area contributed by atoms with Crippen LogP contribution in [-0.2, 0) is 11.3 Å². The average molecular weight is 459 g/mol. The molecule has 6 heteroatoms. The zero-order valence-electron chi connectivity index (χ0n) is 13.1. The summed E-state index contributed by atoms with van der Waals surface area (Å²) < 4.78 is 12.9. The van der Waals surface area contributed by atoms with Gasteiger partial charge in [-0.05, 0) is 77.4 Å². The largest absolute Gasteiger partial charge is 0.488 e. The van der Waals surface area contributed by atoms with Crippen molar-refractivity contribution in [1.82, 2.24) is 0 Å². The molecule has 0 aromatic heterocycles. The first kappa shape index (κ1) is 18.2. The first-order chi connectivity index (χ1) is 10.9. The molecule has 3 nitrogen and oxygen atoms in total. The van der Waals surface area contributed by atoms with E-state index in [0.29, 0.717) is 11.8 Å². The maximum absolute atomic E-state index is 5.99. The van der Waals surface area contributed by atoms with Crippen LogP contribution in [0.3, 0.4) is 0 Å². The van der Waals surface area contributed by atoms with Gasteiger partial charge in [0.15, 0.2) is 0 Å². The first-order valence-corrected chi connectivity index (χ1v) is 8.93. The summed E-state index contributed by atoms with van der Waals surface area (Å²) in [5.41, 5.74) is 4.23. The Hall–Kier alpha value is -1.11. The quantitative estimate of drug-likeness (QED) is 0.590. The summed E-state index contributed by atoms with van der Waals surface area (Å²) in [6.45, 7) is 4.54. The number of ether oxygens (including phenoxy) is 2. The van der Waals surface area contributed by atoms with Crippen LogP contribution in [0.25, 0.3) is 0 Å². The lowest BCUT2D eigenvalue weighted by molar-refractivity contribution is 0.304. The first-order valence-electron chi connectivity index (χ1n) is 6.94. The number of benzene rings is 2. The Morgan fingerprint density at radius 3 is 2.52 bits per heavy atom. The third-order valence-electron chi connectivity index (χ3n) is 3.46. The Balaban J connectivity index is 2.23. The minimum Gasteiger partial charge on any atom is -0.488 e. The number of rotatable bonds is 4. The second kappa shape index (κ2) is 8.13. The van der Waals surface area contributed by atoms with E-state index in [-0.39, 0.29) is 0 Å². The van der Waals surface area contributed by atoms with Crippen molar-refractivity contribution in [2.45, 2.75) is 20.5 Å². The van der Waals surface area contributed by atoms with Crippen molar-refractivity contribution in [1.29, 1.82) is 0 Å². The molecule has 0 saturated heterocycles. The molecule has 2 rings (SSSR count). The zero-order chi connectivity index (χ0) is 17.0. The lowest BCUT2D eigenvalue weighted by atomic mass is 10.1. The van der Waals surface area contributed by atoms with Crippen molar-refractivity contribution >= 4 is 54.9 Å². The van der Waals surface area contributed by atoms with Crippen LogP contribution in [0.15, 0.2) is 39.3 Å². The number of nitrogens with one attached hydrogen (secondary N) is 1. The van der Waals surface area contributed by atoms with Crippen molar-refractivity contribution in [3.8, 4) is 5.75 Å². The van der Waals surface area contributed by atoms with E-state index in [1.165, 1.54) is 18.2 Å². The minimum atomic E-state index is 0.316. The van der Waals surface area contributed by atoms with Crippen LogP contribution in [0, 0.1) is 13.8 Å². The molecule has 0 spiro atoms. The van der Waals surface area contributed by atoms with Gasteiger partial charge in [-0.1, -0.05) is 22.0 Å². The van der Waals surface area contributed by atoms with Crippen LogP contribution >= 0.6 is 44.1 Å². The predicted molar refractivity (Wildman–Crippen MR) is 105 cm³/mol. The van der Waals surface area contributed by atoms with Crippen molar-refractivity contribution in [2.75, 3.05) is 12.4 Å². The molecule has 0 radical (unpaired) electrons. The second-order valence-electron chi connectivity index (χ2n) is 5.04. The summed E-state index contributed by atoms with van der Waals surface area (Å²) in [6.07, 6.45) is 0. The van der Waals surface area contributed by atoms with Crippen LogP contribution in [0.5, 0.6) is 5.75 Å². The molecule has 0 amide bonds. The summed E-state index contributed by atoms with van der Waals surface area (Å²) in [4.78, 5) is 0. The van der Waals surface area contributed by atoms with E-state index in [1.807, 2.05) is 24.3 Å². The Morgan fingerprint density at radius 1 is 1.13 bits per heavy atom. The lowest BCUT2D eigenvalue weighted by Gasteiger charge is -2.16. The van der Waals surface area contributed by atoms with Gasteiger partial charge in [-0.25, -0.2) is 0 Å². The summed E-state index contributed by atoms with van der Waals surface area (Å²) in [7, 11) is 1.54. The molecule has 0 heterocycles. The highest BCUT2D eigenvalue weighted by Crippen LogP contribution is 2.31. The van der Waals surface area contributed by atoms with Crippen molar-refractivity contribution in [3.05, 3.63) is 56.0 Å². The number of thiocarbonyl (C=S) groups is 1. The van der Waals surface area contributed by atoms with Gasteiger partial charge >= 0.3 is 0 Å². The summed E-state index contributed by atoms with van der Waals surface area (Å²) >= 11 is 12.2. The van der Waals surface area contributed by atoms with E-state index >= 15 is 0 Å². The summed E-state index contributed by atoms with van der Waals surface area (Å²) in [6, 6.07) is 9.92. The average Bonchev–Trinajstić information content (AvgIpc) is 2.51. The van der Waals surface area contributed by atoms with Crippen LogP contribution in [-0.4, -0.2) is 12.3 Å². The van der Waals surface area contributed by atoms with E-state index in [9.17, 15) is 0 Å². The topological polar surface area (TPSA) is 30.5 Å². The number of halogens is 2. The van der Waals surface area contributed by atoms with Crippen LogP contribution < -0.4 is 10.1 Å². The number of aryl methyl sites for hydroxylation is 2. The molecule has 122 valence electrons. The van der Waals surface area contributed by atoms with Crippen molar-refractivity contribution in [3.63, 3.8) is 0 Å². The molecular weight excluding hydrogens is 442 g/mol. The van der Waals surface area contributed by atoms with Crippen molar-refractivity contribution < 1.29 is 9.47 Å². The molecule has 23 heavy (non-hydrogen) atoms. The third-order valence-corrected chi connectivity index (χ3v) is 5.09. The lowest BCUT2D eigenvalue weighted by Crippen LogP contribution is -2.13. The molecule has 0 atom stereocenters. The standard InChI is InChI=1S/C17H17Br2NO2S/c1-10-7-14(19)16(8-11(10)2)22-9-12-13(18)5-4-6-15(12)20-17(23)21-3/h4-8H,9H2,1-3H3,(H,20,23). The van der Waals surface area contributed by atoms with Gasteiger partial charge in [-0.2, -0.15) is 0 Å². The molecule has 2 aromatic carbocycles.